The summed E-state index contributed by atoms with van der Waals surface area (Å²) in [5.74, 6) is 1.09. The van der Waals surface area contributed by atoms with Gasteiger partial charge >= 0.3 is 0 Å². The molecule has 1 spiro atoms. The molecule has 0 bridgehead atoms. The molecule has 2 rings (SSSR count). The van der Waals surface area contributed by atoms with Crippen molar-refractivity contribution >= 4 is 0 Å². The predicted octanol–water partition coefficient (Wildman–Crippen LogP) is 4.93. The highest BCUT2D eigenvalue weighted by atomic mass is 14.4. The third-order valence-electron chi connectivity index (χ3n) is 4.78. The maximum absolute atomic E-state index is 2.34. The molecule has 0 atom stereocenters. The van der Waals surface area contributed by atoms with Gasteiger partial charge in [-0.05, 0) is 49.9 Å². The van der Waals surface area contributed by atoms with Crippen LogP contribution in [-0.2, 0) is 0 Å². The average Bonchev–Trinajstić information content (AvgIpc) is 2.24. The highest BCUT2D eigenvalue weighted by Gasteiger charge is 2.35. The summed E-state index contributed by atoms with van der Waals surface area (Å²) in [7, 11) is 0. The first-order chi connectivity index (χ1) is 6.85. The van der Waals surface area contributed by atoms with Gasteiger partial charge in [0.2, 0.25) is 0 Å². The van der Waals surface area contributed by atoms with Crippen LogP contribution in [0.5, 0.6) is 0 Å². The van der Waals surface area contributed by atoms with Crippen LogP contribution in [-0.4, -0.2) is 0 Å². The molecule has 0 heterocycles. The van der Waals surface area contributed by atoms with Crippen LogP contribution in [0.3, 0.4) is 0 Å². The van der Waals surface area contributed by atoms with E-state index in [0.717, 1.165) is 11.3 Å². The second kappa shape index (κ2) is 4.68. The van der Waals surface area contributed by atoms with Gasteiger partial charge in [0.1, 0.15) is 0 Å². The fourth-order valence-electron chi connectivity index (χ4n) is 3.79. The maximum atomic E-state index is 2.34. The van der Waals surface area contributed by atoms with E-state index in [4.69, 9.17) is 0 Å². The van der Waals surface area contributed by atoms with Gasteiger partial charge in [0, 0.05) is 0 Å². The van der Waals surface area contributed by atoms with Gasteiger partial charge in [-0.25, -0.2) is 0 Å². The predicted molar refractivity (Wildman–Crippen MR) is 62.4 cm³/mol. The van der Waals surface area contributed by atoms with Crippen molar-refractivity contribution in [1.82, 2.24) is 0 Å². The average molecular weight is 194 g/mol. The van der Waals surface area contributed by atoms with Gasteiger partial charge < -0.3 is 0 Å². The molecule has 0 aromatic heterocycles. The van der Waals surface area contributed by atoms with Crippen LogP contribution in [0.15, 0.2) is 0 Å². The molecule has 0 aliphatic heterocycles. The summed E-state index contributed by atoms with van der Waals surface area (Å²) in [4.78, 5) is 0. The van der Waals surface area contributed by atoms with Crippen molar-refractivity contribution in [3.8, 4) is 0 Å². The molecule has 0 saturated heterocycles. The molecular formula is C14H26. The summed E-state index contributed by atoms with van der Waals surface area (Å²) in [6, 6.07) is 0. The number of hydrogen-bond acceptors (Lipinski definition) is 0. The Kier molecular flexibility index (Phi) is 3.52. The Morgan fingerprint density at radius 1 is 0.929 bits per heavy atom. The lowest BCUT2D eigenvalue weighted by molar-refractivity contribution is 0.0943. The summed E-state index contributed by atoms with van der Waals surface area (Å²) in [6.45, 7) is 2.34. The third kappa shape index (κ3) is 2.32. The van der Waals surface area contributed by atoms with Crippen molar-refractivity contribution in [3.63, 3.8) is 0 Å². The van der Waals surface area contributed by atoms with Gasteiger partial charge in [-0.15, -0.1) is 0 Å². The van der Waals surface area contributed by atoms with Gasteiger partial charge in [-0.3, -0.25) is 0 Å². The molecule has 2 aliphatic rings. The highest BCUT2D eigenvalue weighted by molar-refractivity contribution is 4.87. The Balaban J connectivity index is 1.81. The molecule has 0 unspecified atom stereocenters. The largest absolute Gasteiger partial charge is 0.0654 e. The van der Waals surface area contributed by atoms with Crippen LogP contribution in [0, 0.1) is 11.3 Å². The minimum Gasteiger partial charge on any atom is -0.0654 e. The van der Waals surface area contributed by atoms with E-state index >= 15 is 0 Å². The van der Waals surface area contributed by atoms with Crippen LogP contribution in [0.4, 0.5) is 0 Å². The van der Waals surface area contributed by atoms with E-state index in [2.05, 4.69) is 6.92 Å². The van der Waals surface area contributed by atoms with E-state index in [1.54, 1.807) is 38.5 Å². The number of hydrogen-bond donors (Lipinski definition) is 0. The first kappa shape index (κ1) is 10.5. The SMILES string of the molecule is CCCC1CCC2(CCCCC2)CC1. The summed E-state index contributed by atoms with van der Waals surface area (Å²) in [5, 5.41) is 0. The van der Waals surface area contributed by atoms with Crippen molar-refractivity contribution < 1.29 is 0 Å². The molecule has 82 valence electrons. The van der Waals surface area contributed by atoms with E-state index in [1.807, 2.05) is 0 Å². The Morgan fingerprint density at radius 2 is 1.57 bits per heavy atom. The Bertz CT molecular complexity index is 155. The molecule has 14 heavy (non-hydrogen) atoms. The molecule has 0 aromatic carbocycles. The Labute approximate surface area is 89.5 Å². The van der Waals surface area contributed by atoms with Crippen LogP contribution < -0.4 is 0 Å². The zero-order chi connectivity index (χ0) is 9.86. The summed E-state index contributed by atoms with van der Waals surface area (Å²) < 4.78 is 0. The van der Waals surface area contributed by atoms with Crippen molar-refractivity contribution in [1.29, 1.82) is 0 Å². The standard InChI is InChI=1S/C14H26/c1-2-6-13-7-11-14(12-8-13)9-4-3-5-10-14/h13H,2-12H2,1H3. The lowest BCUT2D eigenvalue weighted by atomic mass is 9.63. The minimum atomic E-state index is 0.836. The van der Waals surface area contributed by atoms with Crippen LogP contribution >= 0.6 is 0 Å². The molecule has 2 saturated carbocycles. The van der Waals surface area contributed by atoms with E-state index in [-0.39, 0.29) is 0 Å². The fraction of sp³-hybridized carbons (Fsp3) is 1.00. The zero-order valence-corrected chi connectivity index (χ0v) is 9.86. The molecule has 0 heteroatoms. The molecule has 0 N–H and O–H groups in total. The van der Waals surface area contributed by atoms with Crippen molar-refractivity contribution in [2.45, 2.75) is 77.6 Å². The van der Waals surface area contributed by atoms with Crippen molar-refractivity contribution in [3.05, 3.63) is 0 Å². The monoisotopic (exact) mass is 194 g/mol. The molecular weight excluding hydrogens is 168 g/mol. The summed E-state index contributed by atoms with van der Waals surface area (Å²) >= 11 is 0. The molecule has 0 aromatic rings. The topological polar surface area (TPSA) is 0 Å². The lowest BCUT2D eigenvalue weighted by Crippen LogP contribution is -2.29. The minimum absolute atomic E-state index is 0.836. The van der Waals surface area contributed by atoms with E-state index < -0.39 is 0 Å². The molecule has 0 amide bonds. The van der Waals surface area contributed by atoms with Gasteiger partial charge in [0.25, 0.3) is 0 Å². The van der Waals surface area contributed by atoms with Crippen LogP contribution in [0.1, 0.15) is 77.6 Å². The Hall–Kier alpha value is 0. The molecule has 0 nitrogen and oxygen atoms in total. The van der Waals surface area contributed by atoms with Crippen molar-refractivity contribution in [2.75, 3.05) is 0 Å². The summed E-state index contributed by atoms with van der Waals surface area (Å²) in [6.07, 6.45) is 16.8. The van der Waals surface area contributed by atoms with Crippen LogP contribution in [0.25, 0.3) is 0 Å². The van der Waals surface area contributed by atoms with Crippen molar-refractivity contribution in [2.24, 2.45) is 11.3 Å². The first-order valence-corrected chi connectivity index (χ1v) is 6.85. The van der Waals surface area contributed by atoms with E-state index in [9.17, 15) is 0 Å². The smallest absolute Gasteiger partial charge is 0.0297 e. The fourth-order valence-corrected chi connectivity index (χ4v) is 3.79. The molecule has 2 fully saturated rings. The normalized spacial score (nSPS) is 28.1. The quantitative estimate of drug-likeness (QED) is 0.585. The second-order valence-corrected chi connectivity index (χ2v) is 5.79. The van der Waals surface area contributed by atoms with E-state index in [1.165, 1.54) is 32.1 Å². The lowest BCUT2D eigenvalue weighted by Gasteiger charge is -2.43. The van der Waals surface area contributed by atoms with Gasteiger partial charge in [0.15, 0.2) is 0 Å². The Morgan fingerprint density at radius 3 is 2.14 bits per heavy atom. The van der Waals surface area contributed by atoms with Gasteiger partial charge in [-0.2, -0.15) is 0 Å². The maximum Gasteiger partial charge on any atom is -0.0297 e. The van der Waals surface area contributed by atoms with Gasteiger partial charge in [-0.1, -0.05) is 39.0 Å². The number of rotatable bonds is 2. The molecule has 0 radical (unpaired) electrons. The third-order valence-corrected chi connectivity index (χ3v) is 4.78. The first-order valence-electron chi connectivity index (χ1n) is 6.85. The summed E-state index contributed by atoms with van der Waals surface area (Å²) in [5.41, 5.74) is 0.836. The van der Waals surface area contributed by atoms with E-state index in [0.29, 0.717) is 0 Å². The second-order valence-electron chi connectivity index (χ2n) is 5.79. The molecule has 2 aliphatic carbocycles. The zero-order valence-electron chi connectivity index (χ0n) is 9.86. The van der Waals surface area contributed by atoms with Gasteiger partial charge in [0.05, 0.1) is 0 Å². The highest BCUT2D eigenvalue weighted by Crippen LogP contribution is 2.49. The van der Waals surface area contributed by atoms with Crippen LogP contribution in [0.2, 0.25) is 0 Å².